The monoisotopic (exact) mass is 1460 g/mol. The second-order valence-corrected chi connectivity index (χ2v) is 36.2. The standard InChI is InChI=1S/C46H47ClN2OS.C28H29Cl2NS.C18H19NO/c1-44(2,3)31-14-19-35(20-15-31)48(40-29-51-42-23-18-33(25-39(40)42)46(7,8)9)37-26-34(47)27-38(28-37)49(36-21-16-32(17-22-36)45(4,5)6)43-24-30-12-10-11-13-41(30)50-43;1-27(2,3)18-7-10-22(11-8-18)31(23-15-20(29)14-21(30)16-23)25-17-32-26-12-9-19(13-24(25)26)28(4,5)6;1-18(2,3)14-8-10-15(11-9-14)19-17-12-13-6-4-5-7-16(13)20-17/h10-29H,1-9H3;7-17H,1-6H3;4-12,19H,1-3H3. The smallest absolute Gasteiger partial charge is 0.205 e. The van der Waals surface area contributed by atoms with Crippen molar-refractivity contribution in [3.05, 3.63) is 290 Å². The van der Waals surface area contributed by atoms with Crippen LogP contribution >= 0.6 is 57.5 Å². The third-order valence-electron chi connectivity index (χ3n) is 18.9. The number of nitrogens with zero attached hydrogens (tertiary/aromatic N) is 3. The first kappa shape index (κ1) is 74.0. The van der Waals surface area contributed by atoms with E-state index in [0.717, 1.165) is 84.9 Å². The zero-order valence-corrected chi connectivity index (χ0v) is 66.6. The maximum Gasteiger partial charge on any atom is 0.205 e. The molecule has 0 aliphatic rings. The van der Waals surface area contributed by atoms with E-state index in [4.69, 9.17) is 43.6 Å². The zero-order chi connectivity index (χ0) is 73.7. The number of hydrogen-bond donors (Lipinski definition) is 1. The summed E-state index contributed by atoms with van der Waals surface area (Å²) in [6, 6.07) is 81.1. The lowest BCUT2D eigenvalue weighted by Gasteiger charge is -2.29. The van der Waals surface area contributed by atoms with E-state index in [1.165, 1.54) is 53.6 Å². The van der Waals surface area contributed by atoms with Gasteiger partial charge in [-0.1, -0.05) is 256 Å². The summed E-state index contributed by atoms with van der Waals surface area (Å²) in [5.41, 5.74) is 19.3. The van der Waals surface area contributed by atoms with Gasteiger partial charge < -0.3 is 24.0 Å². The SMILES string of the molecule is CC(C)(C)c1ccc(N(c2cc(Cl)cc(Cl)c2)c2csc3ccc(C(C)(C)C)cc23)cc1.CC(C)(C)c1ccc(N(c2cc(Cl)cc(N(c3ccc(C(C)(C)C)cc3)c3csc4ccc(C(C)(C)C)cc34)c2)c2cc3ccccc3o2)cc1.CC(C)(C)c1ccc(Nc2cc3ccccc3o2)cc1. The van der Waals surface area contributed by atoms with Crippen LogP contribution in [0.3, 0.4) is 0 Å². The molecule has 0 amide bonds. The molecule has 4 aromatic heterocycles. The summed E-state index contributed by atoms with van der Waals surface area (Å²) >= 11 is 23.5. The van der Waals surface area contributed by atoms with Gasteiger partial charge in [-0.05, 0) is 187 Å². The molecule has 1 N–H and O–H groups in total. The highest BCUT2D eigenvalue weighted by Gasteiger charge is 2.27. The highest BCUT2D eigenvalue weighted by Crippen LogP contribution is 2.49. The van der Waals surface area contributed by atoms with Gasteiger partial charge in [0, 0.05) is 103 Å². The first-order valence-corrected chi connectivity index (χ1v) is 38.3. The number of thiophene rings is 2. The zero-order valence-electron chi connectivity index (χ0n) is 62.7. The Morgan fingerprint density at radius 2 is 0.631 bits per heavy atom. The molecule has 0 saturated heterocycles. The molecule has 11 heteroatoms. The van der Waals surface area contributed by atoms with Gasteiger partial charge in [-0.25, -0.2) is 0 Å². The fourth-order valence-electron chi connectivity index (χ4n) is 12.7. The molecule has 6 nitrogen and oxygen atoms in total. The molecule has 528 valence electrons. The van der Waals surface area contributed by atoms with E-state index < -0.39 is 0 Å². The molecule has 0 aliphatic carbocycles. The van der Waals surface area contributed by atoms with Crippen LogP contribution in [0.15, 0.2) is 250 Å². The Hall–Kier alpha value is -8.73. The third-order valence-corrected chi connectivity index (χ3v) is 21.4. The fraction of sp³-hybridized carbons (Fsp3) is 0.261. The third kappa shape index (κ3) is 17.1. The first-order chi connectivity index (χ1) is 48.5. The van der Waals surface area contributed by atoms with Crippen molar-refractivity contribution in [3.63, 3.8) is 0 Å². The van der Waals surface area contributed by atoms with Gasteiger partial charge >= 0.3 is 0 Å². The van der Waals surface area contributed by atoms with Crippen LogP contribution in [0.25, 0.3) is 42.1 Å². The minimum atomic E-state index is 0.0193. The lowest BCUT2D eigenvalue weighted by Crippen LogP contribution is -2.15. The summed E-state index contributed by atoms with van der Waals surface area (Å²) in [5, 5.41) is 14.3. The molecular formula is C92H95Cl3N4O2S2. The second-order valence-electron chi connectivity index (χ2n) is 33.1. The van der Waals surface area contributed by atoms with Gasteiger partial charge in [0.05, 0.1) is 17.1 Å². The maximum absolute atomic E-state index is 7.13. The van der Waals surface area contributed by atoms with Crippen molar-refractivity contribution in [1.29, 1.82) is 0 Å². The minimum absolute atomic E-state index is 0.0193. The normalized spacial score (nSPS) is 12.3. The highest BCUT2D eigenvalue weighted by molar-refractivity contribution is 7.18. The average Bonchev–Trinajstić information content (AvgIpc) is 1.71. The summed E-state index contributed by atoms with van der Waals surface area (Å²) in [5.74, 6) is 1.50. The van der Waals surface area contributed by atoms with E-state index >= 15 is 0 Å². The largest absolute Gasteiger partial charge is 0.440 e. The van der Waals surface area contributed by atoms with Crippen LogP contribution < -0.4 is 20.0 Å². The van der Waals surface area contributed by atoms with E-state index in [0.29, 0.717) is 15.1 Å². The summed E-state index contributed by atoms with van der Waals surface area (Å²) in [4.78, 5) is 6.79. The average molecular weight is 1460 g/mol. The lowest BCUT2D eigenvalue weighted by molar-refractivity contribution is 0.590. The molecule has 0 spiro atoms. The molecule has 0 bridgehead atoms. The molecule has 103 heavy (non-hydrogen) atoms. The number of halogens is 3. The number of anilines is 11. The van der Waals surface area contributed by atoms with Crippen molar-refractivity contribution in [3.8, 4) is 0 Å². The molecule has 0 fully saturated rings. The summed E-state index contributed by atoms with van der Waals surface area (Å²) in [6.07, 6.45) is 0. The van der Waals surface area contributed by atoms with Gasteiger partial charge in [-0.15, -0.1) is 22.7 Å². The van der Waals surface area contributed by atoms with Crippen molar-refractivity contribution in [2.45, 2.75) is 157 Å². The van der Waals surface area contributed by atoms with Crippen LogP contribution in [-0.2, 0) is 32.5 Å². The maximum atomic E-state index is 7.13. The summed E-state index contributed by atoms with van der Waals surface area (Å²) in [6.45, 7) is 40.4. The Morgan fingerprint density at radius 3 is 1.02 bits per heavy atom. The van der Waals surface area contributed by atoms with Gasteiger partial charge in [0.25, 0.3) is 0 Å². The van der Waals surface area contributed by atoms with Gasteiger partial charge in [0.15, 0.2) is 5.88 Å². The number of para-hydroxylation sites is 2. The Kier molecular flexibility index (Phi) is 20.9. The van der Waals surface area contributed by atoms with Crippen LogP contribution in [0.4, 0.5) is 63.0 Å². The van der Waals surface area contributed by atoms with Gasteiger partial charge in [-0.3, -0.25) is 4.90 Å². The lowest BCUT2D eigenvalue weighted by atomic mass is 9.86. The van der Waals surface area contributed by atoms with Crippen molar-refractivity contribution >= 4 is 163 Å². The molecule has 0 unspecified atom stereocenters. The predicted octanol–water partition coefficient (Wildman–Crippen LogP) is 30.9. The first-order valence-electron chi connectivity index (χ1n) is 35.4. The van der Waals surface area contributed by atoms with Crippen molar-refractivity contribution < 1.29 is 8.83 Å². The van der Waals surface area contributed by atoms with E-state index in [-0.39, 0.29) is 32.5 Å². The van der Waals surface area contributed by atoms with E-state index in [1.54, 1.807) is 28.7 Å². The molecule has 10 aromatic carbocycles. The van der Waals surface area contributed by atoms with E-state index in [2.05, 4.69) is 313 Å². The molecule has 14 rings (SSSR count). The molecule has 0 radical (unpaired) electrons. The van der Waals surface area contributed by atoms with Crippen molar-refractivity contribution in [2.75, 3.05) is 20.0 Å². The van der Waals surface area contributed by atoms with Crippen LogP contribution in [0.5, 0.6) is 0 Å². The molecule has 4 heterocycles. The highest BCUT2D eigenvalue weighted by atomic mass is 35.5. The second kappa shape index (κ2) is 29.1. The molecule has 0 aliphatic heterocycles. The van der Waals surface area contributed by atoms with Crippen molar-refractivity contribution in [1.82, 2.24) is 0 Å². The number of rotatable bonds is 11. The predicted molar refractivity (Wildman–Crippen MR) is 451 cm³/mol. The van der Waals surface area contributed by atoms with Crippen LogP contribution in [0.1, 0.15) is 158 Å². The van der Waals surface area contributed by atoms with E-state index in [1.807, 2.05) is 66.7 Å². The summed E-state index contributed by atoms with van der Waals surface area (Å²) < 4.78 is 14.8. The number of nitrogens with one attached hydrogen (secondary N) is 1. The Bertz CT molecular complexity index is 5200. The molecule has 14 aromatic rings. The number of furan rings is 2. The van der Waals surface area contributed by atoms with Gasteiger partial charge in [0.2, 0.25) is 5.88 Å². The quantitative estimate of drug-likeness (QED) is 0.139. The van der Waals surface area contributed by atoms with E-state index in [9.17, 15) is 0 Å². The Balaban J connectivity index is 0.000000163. The molecule has 0 atom stereocenters. The van der Waals surface area contributed by atoms with Crippen LogP contribution in [0.2, 0.25) is 15.1 Å². The molecule has 0 saturated carbocycles. The Morgan fingerprint density at radius 1 is 0.301 bits per heavy atom. The number of fused-ring (bicyclic) bond motifs is 4. The van der Waals surface area contributed by atoms with Crippen LogP contribution in [-0.4, -0.2) is 0 Å². The minimum Gasteiger partial charge on any atom is -0.440 e. The topological polar surface area (TPSA) is 48.0 Å². The fourth-order valence-corrected chi connectivity index (χ4v) is 15.3. The molecular weight excluding hydrogens is 1360 g/mol. The van der Waals surface area contributed by atoms with Crippen LogP contribution in [0, 0.1) is 0 Å². The summed E-state index contributed by atoms with van der Waals surface area (Å²) in [7, 11) is 0. The number of hydrogen-bond acceptors (Lipinski definition) is 8. The van der Waals surface area contributed by atoms with Gasteiger partial charge in [-0.2, -0.15) is 0 Å². The Labute approximate surface area is 633 Å². The number of benzene rings is 10. The van der Waals surface area contributed by atoms with Gasteiger partial charge in [0.1, 0.15) is 11.2 Å². The van der Waals surface area contributed by atoms with Crippen molar-refractivity contribution in [2.24, 2.45) is 0 Å².